The molecule has 5 heteroatoms. The van der Waals surface area contributed by atoms with E-state index in [0.717, 1.165) is 63.1 Å². The van der Waals surface area contributed by atoms with Crippen LogP contribution in [-0.2, 0) is 4.79 Å². The number of amides is 1. The lowest BCUT2D eigenvalue weighted by Crippen LogP contribution is -2.30. The second kappa shape index (κ2) is 7.43. The Kier molecular flexibility index (Phi) is 5.59. The first-order chi connectivity index (χ1) is 9.72. The highest BCUT2D eigenvalue weighted by molar-refractivity contribution is 5.76. The lowest BCUT2D eigenvalue weighted by molar-refractivity contribution is -0.132. The van der Waals surface area contributed by atoms with Crippen molar-refractivity contribution in [3.8, 4) is 0 Å². The van der Waals surface area contributed by atoms with Crippen LogP contribution in [0.25, 0.3) is 0 Å². The van der Waals surface area contributed by atoms with Gasteiger partial charge in [0.25, 0.3) is 0 Å². The van der Waals surface area contributed by atoms with E-state index in [4.69, 9.17) is 10.3 Å². The van der Waals surface area contributed by atoms with Crippen LogP contribution in [-0.4, -0.2) is 29.1 Å². The van der Waals surface area contributed by atoms with Crippen molar-refractivity contribution in [2.45, 2.75) is 57.9 Å². The van der Waals surface area contributed by atoms with Crippen molar-refractivity contribution >= 4 is 5.91 Å². The molecule has 0 aliphatic carbocycles. The Bertz CT molecular complexity index is 431. The minimum atomic E-state index is 0.0905. The zero-order valence-corrected chi connectivity index (χ0v) is 12.3. The second-order valence-corrected chi connectivity index (χ2v) is 5.57. The summed E-state index contributed by atoms with van der Waals surface area (Å²) in [6.07, 6.45) is 6.87. The Morgan fingerprint density at radius 1 is 1.45 bits per heavy atom. The van der Waals surface area contributed by atoms with Gasteiger partial charge in [-0.05, 0) is 39.2 Å². The monoisotopic (exact) mass is 279 g/mol. The molecule has 2 rings (SSSR count). The summed E-state index contributed by atoms with van der Waals surface area (Å²) in [5, 5.41) is 3.93. The van der Waals surface area contributed by atoms with Crippen LogP contribution in [0.15, 0.2) is 10.6 Å². The van der Waals surface area contributed by atoms with Gasteiger partial charge in [0.05, 0.1) is 11.7 Å². The van der Waals surface area contributed by atoms with Gasteiger partial charge in [0.15, 0.2) is 5.76 Å². The van der Waals surface area contributed by atoms with Crippen LogP contribution in [0.5, 0.6) is 0 Å². The van der Waals surface area contributed by atoms with Gasteiger partial charge in [-0.25, -0.2) is 0 Å². The third-order valence-corrected chi connectivity index (χ3v) is 3.89. The van der Waals surface area contributed by atoms with Gasteiger partial charge in [0, 0.05) is 19.0 Å². The topological polar surface area (TPSA) is 72.4 Å². The molecule has 1 saturated heterocycles. The fourth-order valence-electron chi connectivity index (χ4n) is 2.82. The first kappa shape index (κ1) is 15.0. The van der Waals surface area contributed by atoms with Gasteiger partial charge >= 0.3 is 0 Å². The summed E-state index contributed by atoms with van der Waals surface area (Å²) in [6, 6.07) is 2.03. The minimum absolute atomic E-state index is 0.0905. The number of nitrogens with zero attached hydrogens (tertiary/aromatic N) is 2. The molecule has 0 radical (unpaired) electrons. The second-order valence-electron chi connectivity index (χ2n) is 5.57. The molecule has 0 saturated carbocycles. The van der Waals surface area contributed by atoms with E-state index in [-0.39, 0.29) is 11.9 Å². The molecule has 1 aliphatic heterocycles. The summed E-state index contributed by atoms with van der Waals surface area (Å²) in [5.74, 6) is 1.07. The molecule has 1 aliphatic rings. The van der Waals surface area contributed by atoms with E-state index in [1.54, 1.807) is 0 Å². The third-order valence-electron chi connectivity index (χ3n) is 3.89. The average molecular weight is 279 g/mol. The van der Waals surface area contributed by atoms with E-state index >= 15 is 0 Å². The fourth-order valence-corrected chi connectivity index (χ4v) is 2.82. The highest BCUT2D eigenvalue weighted by Gasteiger charge is 2.32. The van der Waals surface area contributed by atoms with Crippen LogP contribution in [0.2, 0.25) is 0 Å². The third kappa shape index (κ3) is 3.82. The van der Waals surface area contributed by atoms with Crippen LogP contribution in [0.4, 0.5) is 0 Å². The first-order valence-corrected chi connectivity index (χ1v) is 7.65. The van der Waals surface area contributed by atoms with Gasteiger partial charge in [0.2, 0.25) is 5.91 Å². The molecule has 0 bridgehead atoms. The van der Waals surface area contributed by atoms with Crippen LogP contribution >= 0.6 is 0 Å². The minimum Gasteiger partial charge on any atom is -0.359 e. The molecule has 1 amide bonds. The van der Waals surface area contributed by atoms with E-state index in [2.05, 4.69) is 5.16 Å². The summed E-state index contributed by atoms with van der Waals surface area (Å²) < 4.78 is 5.33. The van der Waals surface area contributed by atoms with Crippen LogP contribution in [0, 0.1) is 6.92 Å². The Labute approximate surface area is 120 Å². The van der Waals surface area contributed by atoms with Crippen LogP contribution < -0.4 is 5.73 Å². The number of carbonyl (C=O) groups excluding carboxylic acids is 1. The number of hydrogen-bond acceptors (Lipinski definition) is 4. The first-order valence-electron chi connectivity index (χ1n) is 7.65. The molecule has 2 N–H and O–H groups in total. The van der Waals surface area contributed by atoms with Crippen LogP contribution in [0.1, 0.15) is 62.4 Å². The number of nitrogens with two attached hydrogens (primary N) is 1. The van der Waals surface area contributed by atoms with Gasteiger partial charge in [-0.15, -0.1) is 0 Å². The fraction of sp³-hybridized carbons (Fsp3) is 0.733. The Hall–Kier alpha value is -1.36. The average Bonchev–Trinajstić information content (AvgIpc) is 3.06. The van der Waals surface area contributed by atoms with E-state index in [1.165, 1.54) is 0 Å². The predicted molar refractivity (Wildman–Crippen MR) is 77.1 cm³/mol. The molecule has 0 aromatic carbocycles. The van der Waals surface area contributed by atoms with Crippen molar-refractivity contribution in [1.29, 1.82) is 0 Å². The summed E-state index contributed by atoms with van der Waals surface area (Å²) in [7, 11) is 0. The number of aromatic nitrogens is 1. The number of carbonyl (C=O) groups is 1. The van der Waals surface area contributed by atoms with Crippen molar-refractivity contribution in [2.24, 2.45) is 5.73 Å². The zero-order chi connectivity index (χ0) is 14.4. The number of likely N-dealkylation sites (tertiary alicyclic amines) is 1. The highest BCUT2D eigenvalue weighted by Crippen LogP contribution is 2.32. The standard InChI is InChI=1S/C15H25N3O2/c1-12-11-14(20-17-12)13-7-6-10-18(13)15(19)8-4-2-3-5-9-16/h11,13H,2-10,16H2,1H3. The van der Waals surface area contributed by atoms with E-state index in [0.29, 0.717) is 6.42 Å². The number of hydrogen-bond donors (Lipinski definition) is 1. The molecule has 1 atom stereocenters. The maximum atomic E-state index is 12.3. The quantitative estimate of drug-likeness (QED) is 0.778. The Balaban J connectivity index is 1.82. The summed E-state index contributed by atoms with van der Waals surface area (Å²) in [6.45, 7) is 3.49. The van der Waals surface area contributed by atoms with Gasteiger partial charge in [-0.2, -0.15) is 0 Å². The molecule has 1 fully saturated rings. The number of unbranched alkanes of at least 4 members (excludes halogenated alkanes) is 3. The van der Waals surface area contributed by atoms with Crippen molar-refractivity contribution in [1.82, 2.24) is 10.1 Å². The lowest BCUT2D eigenvalue weighted by Gasteiger charge is -2.22. The molecule has 1 aromatic heterocycles. The molecular weight excluding hydrogens is 254 g/mol. The number of rotatable bonds is 7. The maximum absolute atomic E-state index is 12.3. The summed E-state index contributed by atoms with van der Waals surface area (Å²) >= 11 is 0. The summed E-state index contributed by atoms with van der Waals surface area (Å²) in [4.78, 5) is 14.3. The van der Waals surface area contributed by atoms with Gasteiger partial charge in [0.1, 0.15) is 0 Å². The van der Waals surface area contributed by atoms with Gasteiger partial charge in [-0.3, -0.25) is 4.79 Å². The molecular formula is C15H25N3O2. The molecule has 5 nitrogen and oxygen atoms in total. The van der Waals surface area contributed by atoms with Crippen molar-refractivity contribution in [2.75, 3.05) is 13.1 Å². The van der Waals surface area contributed by atoms with Crippen molar-refractivity contribution in [3.05, 3.63) is 17.5 Å². The molecule has 1 unspecified atom stereocenters. The normalized spacial score (nSPS) is 18.7. The SMILES string of the molecule is Cc1cc(C2CCCN2C(=O)CCCCCCN)on1. The molecule has 20 heavy (non-hydrogen) atoms. The maximum Gasteiger partial charge on any atom is 0.223 e. The Morgan fingerprint density at radius 3 is 2.95 bits per heavy atom. The van der Waals surface area contributed by atoms with Crippen molar-refractivity contribution in [3.63, 3.8) is 0 Å². The zero-order valence-electron chi connectivity index (χ0n) is 12.3. The molecule has 1 aromatic rings. The highest BCUT2D eigenvalue weighted by atomic mass is 16.5. The Morgan fingerprint density at radius 2 is 2.25 bits per heavy atom. The van der Waals surface area contributed by atoms with E-state index in [9.17, 15) is 4.79 Å². The smallest absolute Gasteiger partial charge is 0.223 e. The lowest BCUT2D eigenvalue weighted by atomic mass is 10.1. The van der Waals surface area contributed by atoms with E-state index in [1.807, 2.05) is 17.9 Å². The van der Waals surface area contributed by atoms with Gasteiger partial charge in [-0.1, -0.05) is 18.0 Å². The largest absolute Gasteiger partial charge is 0.359 e. The van der Waals surface area contributed by atoms with Gasteiger partial charge < -0.3 is 15.2 Å². The van der Waals surface area contributed by atoms with E-state index < -0.39 is 0 Å². The number of aryl methyl sites for hydroxylation is 1. The van der Waals surface area contributed by atoms with Crippen LogP contribution in [0.3, 0.4) is 0 Å². The molecule has 112 valence electrons. The molecule has 0 spiro atoms. The predicted octanol–water partition coefficient (Wildman–Crippen LogP) is 2.56. The van der Waals surface area contributed by atoms with Crippen molar-refractivity contribution < 1.29 is 9.32 Å². The molecule has 2 heterocycles. The summed E-state index contributed by atoms with van der Waals surface area (Å²) in [5.41, 5.74) is 6.34.